The summed E-state index contributed by atoms with van der Waals surface area (Å²) in [6.45, 7) is 12.8. The normalized spacial score (nSPS) is 31.8. The molecule has 0 aromatic heterocycles. The van der Waals surface area contributed by atoms with E-state index in [-0.39, 0.29) is 11.0 Å². The fourth-order valence-corrected chi connectivity index (χ4v) is 2.17. The van der Waals surface area contributed by atoms with Crippen molar-refractivity contribution in [3.63, 3.8) is 0 Å². The summed E-state index contributed by atoms with van der Waals surface area (Å²) in [7, 11) is 1.76. The molecule has 1 fully saturated rings. The van der Waals surface area contributed by atoms with Crippen molar-refractivity contribution in [3.05, 3.63) is 12.2 Å². The molecule has 98 valence electrons. The molecule has 0 amide bonds. The van der Waals surface area contributed by atoms with Crippen LogP contribution in [0.1, 0.15) is 34.1 Å². The first-order valence-corrected chi connectivity index (χ1v) is 5.99. The summed E-state index contributed by atoms with van der Waals surface area (Å²) < 4.78 is 5.56. The number of rotatable bonds is 4. The Hall–Kier alpha value is -1.03. The van der Waals surface area contributed by atoms with Crippen LogP contribution >= 0.6 is 0 Å². The van der Waals surface area contributed by atoms with Gasteiger partial charge < -0.3 is 15.8 Å². The molecule has 2 unspecified atom stereocenters. The number of ether oxygens (including phenoxy) is 1. The van der Waals surface area contributed by atoms with Crippen molar-refractivity contribution in [1.29, 1.82) is 0 Å². The van der Waals surface area contributed by atoms with Gasteiger partial charge in [0.25, 0.3) is 0 Å². The molecule has 4 heteroatoms. The molecule has 1 aliphatic carbocycles. The topological polar surface area (TPSA) is 59.6 Å². The Labute approximate surface area is 104 Å². The van der Waals surface area contributed by atoms with E-state index in [1.807, 2.05) is 6.92 Å². The van der Waals surface area contributed by atoms with Crippen molar-refractivity contribution < 1.29 is 4.74 Å². The summed E-state index contributed by atoms with van der Waals surface area (Å²) in [4.78, 5) is 4.23. The number of nitrogens with two attached hydrogens (primary N) is 1. The largest absolute Gasteiger partial charge is 0.378 e. The zero-order valence-corrected chi connectivity index (χ0v) is 11.6. The van der Waals surface area contributed by atoms with Crippen molar-refractivity contribution in [2.45, 2.75) is 45.8 Å². The zero-order chi connectivity index (χ0) is 13.3. The lowest BCUT2D eigenvalue weighted by Gasteiger charge is -2.59. The Morgan fingerprint density at radius 3 is 2.53 bits per heavy atom. The average Bonchev–Trinajstić information content (AvgIpc) is 2.25. The van der Waals surface area contributed by atoms with Gasteiger partial charge >= 0.3 is 0 Å². The van der Waals surface area contributed by atoms with Crippen LogP contribution in [0.5, 0.6) is 0 Å². The van der Waals surface area contributed by atoms with Crippen LogP contribution < -0.4 is 11.1 Å². The Morgan fingerprint density at radius 1 is 1.53 bits per heavy atom. The molecule has 0 spiro atoms. The van der Waals surface area contributed by atoms with E-state index in [2.05, 4.69) is 37.7 Å². The van der Waals surface area contributed by atoms with Gasteiger partial charge in [-0.25, -0.2) is 4.99 Å². The Kier molecular flexibility index (Phi) is 3.87. The molecule has 1 rings (SSSR count). The molecule has 2 atom stereocenters. The molecule has 1 saturated carbocycles. The van der Waals surface area contributed by atoms with Crippen molar-refractivity contribution in [2.24, 2.45) is 16.1 Å². The van der Waals surface area contributed by atoms with Crippen molar-refractivity contribution in [1.82, 2.24) is 5.32 Å². The minimum atomic E-state index is -0.0840. The number of nitrogens with one attached hydrogen (secondary N) is 1. The molecule has 0 radical (unpaired) electrons. The fourth-order valence-electron chi connectivity index (χ4n) is 2.17. The minimum absolute atomic E-state index is 0.0467. The van der Waals surface area contributed by atoms with Gasteiger partial charge in [0.15, 0.2) is 5.96 Å². The van der Waals surface area contributed by atoms with Gasteiger partial charge in [-0.1, -0.05) is 26.0 Å². The van der Waals surface area contributed by atoms with E-state index in [9.17, 15) is 0 Å². The highest BCUT2D eigenvalue weighted by atomic mass is 16.5. The molecule has 0 aromatic carbocycles. The van der Waals surface area contributed by atoms with Gasteiger partial charge in [0, 0.05) is 18.6 Å². The smallest absolute Gasteiger partial charge is 0.189 e. The Morgan fingerprint density at radius 2 is 2.12 bits per heavy atom. The maximum atomic E-state index is 5.84. The predicted molar refractivity (Wildman–Crippen MR) is 72.0 cm³/mol. The second-order valence-electron chi connectivity index (χ2n) is 5.72. The zero-order valence-electron chi connectivity index (χ0n) is 11.6. The Balaban J connectivity index is 2.56. The van der Waals surface area contributed by atoms with Crippen LogP contribution in [0.2, 0.25) is 0 Å². The van der Waals surface area contributed by atoms with Gasteiger partial charge in [0.1, 0.15) is 0 Å². The number of guanidine groups is 1. The van der Waals surface area contributed by atoms with Gasteiger partial charge in [-0.15, -0.1) is 0 Å². The van der Waals surface area contributed by atoms with Gasteiger partial charge in [-0.05, 0) is 20.3 Å². The summed E-state index contributed by atoms with van der Waals surface area (Å²) in [6, 6.07) is 0.307. The number of hydrogen-bond donors (Lipinski definition) is 2. The molecule has 0 aliphatic heterocycles. The highest BCUT2D eigenvalue weighted by molar-refractivity contribution is 5.78. The Bertz CT molecular complexity index is 336. The number of aliphatic imine (C=N–C) groups is 1. The van der Waals surface area contributed by atoms with Gasteiger partial charge in [-0.2, -0.15) is 0 Å². The molecular formula is C13H25N3O. The lowest BCUT2D eigenvalue weighted by molar-refractivity contribution is -0.176. The first kappa shape index (κ1) is 14.0. The molecule has 4 nitrogen and oxygen atoms in total. The lowest BCUT2D eigenvalue weighted by Crippen LogP contribution is -2.69. The fraction of sp³-hybridized carbons (Fsp3) is 0.769. The molecular weight excluding hydrogens is 214 g/mol. The van der Waals surface area contributed by atoms with Crippen LogP contribution in [0.25, 0.3) is 0 Å². The van der Waals surface area contributed by atoms with Crippen molar-refractivity contribution in [3.8, 4) is 0 Å². The lowest BCUT2D eigenvalue weighted by atomic mass is 9.56. The quantitative estimate of drug-likeness (QED) is 0.446. The van der Waals surface area contributed by atoms with Crippen LogP contribution in [0.4, 0.5) is 0 Å². The standard InChI is InChI=1S/C13H25N3O/c1-9(2)8-15-11(14)16-10-7-13(5,17-6)12(10,3)4/h10H,1,7-8H2,2-6H3,(H3,14,15,16). The maximum Gasteiger partial charge on any atom is 0.189 e. The predicted octanol–water partition coefficient (Wildman–Crippen LogP) is 1.67. The van der Waals surface area contributed by atoms with E-state index in [4.69, 9.17) is 10.5 Å². The monoisotopic (exact) mass is 239 g/mol. The number of nitrogens with zero attached hydrogens (tertiary/aromatic N) is 1. The summed E-state index contributed by atoms with van der Waals surface area (Å²) >= 11 is 0. The first-order valence-electron chi connectivity index (χ1n) is 5.99. The molecule has 17 heavy (non-hydrogen) atoms. The van der Waals surface area contributed by atoms with Crippen LogP contribution in [-0.4, -0.2) is 31.3 Å². The van der Waals surface area contributed by atoms with E-state index in [0.29, 0.717) is 18.5 Å². The average molecular weight is 239 g/mol. The third-order valence-corrected chi connectivity index (χ3v) is 4.12. The van der Waals surface area contributed by atoms with Crippen LogP contribution in [0.15, 0.2) is 17.1 Å². The molecule has 0 bridgehead atoms. The summed E-state index contributed by atoms with van der Waals surface area (Å²) in [5.41, 5.74) is 6.81. The van der Waals surface area contributed by atoms with Gasteiger partial charge in [0.2, 0.25) is 0 Å². The van der Waals surface area contributed by atoms with Gasteiger partial charge in [-0.3, -0.25) is 0 Å². The second-order valence-corrected chi connectivity index (χ2v) is 5.72. The van der Waals surface area contributed by atoms with Gasteiger partial charge in [0.05, 0.1) is 12.1 Å². The second kappa shape index (κ2) is 4.69. The minimum Gasteiger partial charge on any atom is -0.378 e. The highest BCUT2D eigenvalue weighted by Crippen LogP contribution is 2.51. The highest BCUT2D eigenvalue weighted by Gasteiger charge is 2.57. The molecule has 0 aromatic rings. The van der Waals surface area contributed by atoms with Crippen LogP contribution in [-0.2, 0) is 4.74 Å². The number of methoxy groups -OCH3 is 1. The number of hydrogen-bond acceptors (Lipinski definition) is 2. The molecule has 1 aliphatic rings. The van der Waals surface area contributed by atoms with Crippen LogP contribution in [0, 0.1) is 5.41 Å². The van der Waals surface area contributed by atoms with E-state index in [1.165, 1.54) is 0 Å². The van der Waals surface area contributed by atoms with Crippen LogP contribution in [0.3, 0.4) is 0 Å². The van der Waals surface area contributed by atoms with E-state index < -0.39 is 0 Å². The summed E-state index contributed by atoms with van der Waals surface area (Å²) in [5.74, 6) is 0.490. The summed E-state index contributed by atoms with van der Waals surface area (Å²) in [6.07, 6.45) is 0.944. The van der Waals surface area contributed by atoms with Crippen molar-refractivity contribution >= 4 is 5.96 Å². The van der Waals surface area contributed by atoms with E-state index in [0.717, 1.165) is 12.0 Å². The maximum absolute atomic E-state index is 5.84. The molecule has 0 saturated heterocycles. The van der Waals surface area contributed by atoms with E-state index >= 15 is 0 Å². The third kappa shape index (κ3) is 2.63. The SMILES string of the molecule is C=C(C)CN=C(N)NC1CC(C)(OC)C1(C)C. The molecule has 3 N–H and O–H groups in total. The van der Waals surface area contributed by atoms with E-state index in [1.54, 1.807) is 7.11 Å². The third-order valence-electron chi connectivity index (χ3n) is 4.12. The summed E-state index contributed by atoms with van der Waals surface area (Å²) in [5, 5.41) is 3.26. The first-order chi connectivity index (χ1) is 7.73. The molecule has 0 heterocycles. The van der Waals surface area contributed by atoms with Crippen molar-refractivity contribution in [2.75, 3.05) is 13.7 Å².